The highest BCUT2D eigenvalue weighted by Crippen LogP contribution is 2.28. The molecule has 104 valence electrons. The highest BCUT2D eigenvalue weighted by Gasteiger charge is 2.16. The van der Waals surface area contributed by atoms with Crippen molar-refractivity contribution in [3.63, 3.8) is 0 Å². The summed E-state index contributed by atoms with van der Waals surface area (Å²) in [5, 5.41) is 16.4. The summed E-state index contributed by atoms with van der Waals surface area (Å²) in [4.78, 5) is 22.0. The van der Waals surface area contributed by atoms with E-state index in [0.29, 0.717) is 18.6 Å². The molecule has 7 heteroatoms. The number of amides is 1. The van der Waals surface area contributed by atoms with Gasteiger partial charge in [0.1, 0.15) is 11.4 Å². The van der Waals surface area contributed by atoms with Gasteiger partial charge in [-0.3, -0.25) is 14.9 Å². The van der Waals surface area contributed by atoms with Crippen molar-refractivity contribution in [3.8, 4) is 5.75 Å². The first-order chi connectivity index (χ1) is 9.08. The van der Waals surface area contributed by atoms with Gasteiger partial charge >= 0.3 is 0 Å². The van der Waals surface area contributed by atoms with Crippen molar-refractivity contribution < 1.29 is 14.5 Å². The van der Waals surface area contributed by atoms with Crippen LogP contribution in [0.4, 0.5) is 11.4 Å². The fourth-order valence-electron chi connectivity index (χ4n) is 1.53. The number of benzene rings is 1. The van der Waals surface area contributed by atoms with Crippen LogP contribution < -0.4 is 15.4 Å². The molecule has 0 saturated heterocycles. The molecule has 0 aromatic heterocycles. The van der Waals surface area contributed by atoms with E-state index < -0.39 is 4.92 Å². The smallest absolute Gasteiger partial charge is 0.296 e. The number of nitrogens with zero attached hydrogens (tertiary/aromatic N) is 1. The van der Waals surface area contributed by atoms with Gasteiger partial charge in [0.2, 0.25) is 5.91 Å². The zero-order valence-electron chi connectivity index (χ0n) is 10.9. The molecule has 0 bridgehead atoms. The number of rotatable bonds is 7. The van der Waals surface area contributed by atoms with E-state index in [4.69, 9.17) is 4.74 Å². The largest absolute Gasteiger partial charge is 0.496 e. The number of carbonyl (C=O) groups is 1. The van der Waals surface area contributed by atoms with E-state index in [1.165, 1.54) is 19.2 Å². The number of methoxy groups -OCH3 is 1. The van der Waals surface area contributed by atoms with Gasteiger partial charge in [0, 0.05) is 6.42 Å². The summed E-state index contributed by atoms with van der Waals surface area (Å²) >= 11 is 0. The number of hydrogen-bond donors (Lipinski definition) is 2. The van der Waals surface area contributed by atoms with Crippen molar-refractivity contribution in [3.05, 3.63) is 28.3 Å². The van der Waals surface area contributed by atoms with Crippen LogP contribution in [0, 0.1) is 10.1 Å². The number of nitro groups is 1. The van der Waals surface area contributed by atoms with Crippen molar-refractivity contribution in [2.24, 2.45) is 0 Å². The molecule has 19 heavy (non-hydrogen) atoms. The summed E-state index contributed by atoms with van der Waals surface area (Å²) < 4.78 is 4.92. The monoisotopic (exact) mass is 267 g/mol. The van der Waals surface area contributed by atoms with E-state index in [1.807, 2.05) is 0 Å². The summed E-state index contributed by atoms with van der Waals surface area (Å²) in [5.74, 6) is 0.128. The lowest BCUT2D eigenvalue weighted by molar-refractivity contribution is -0.384. The van der Waals surface area contributed by atoms with Crippen LogP contribution in [-0.4, -0.2) is 31.5 Å². The van der Waals surface area contributed by atoms with E-state index in [2.05, 4.69) is 10.6 Å². The topological polar surface area (TPSA) is 93.5 Å². The highest BCUT2D eigenvalue weighted by molar-refractivity contribution is 5.93. The minimum atomic E-state index is -0.550. The number of ether oxygens (including phenoxy) is 1. The van der Waals surface area contributed by atoms with Gasteiger partial charge in [0.15, 0.2) is 0 Å². The van der Waals surface area contributed by atoms with Gasteiger partial charge in [-0.25, -0.2) is 0 Å². The van der Waals surface area contributed by atoms with E-state index in [-0.39, 0.29) is 17.3 Å². The predicted molar refractivity (Wildman–Crippen MR) is 71.4 cm³/mol. The fraction of sp³-hybridized carbons (Fsp3) is 0.417. The van der Waals surface area contributed by atoms with Crippen molar-refractivity contribution in [2.45, 2.75) is 12.8 Å². The minimum absolute atomic E-state index is 0.179. The molecule has 0 atom stereocenters. The number of anilines is 1. The normalized spacial score (nSPS) is 10.0. The fourth-order valence-corrected chi connectivity index (χ4v) is 1.53. The zero-order valence-corrected chi connectivity index (χ0v) is 10.9. The molecular weight excluding hydrogens is 250 g/mol. The Morgan fingerprint density at radius 2 is 2.21 bits per heavy atom. The van der Waals surface area contributed by atoms with E-state index in [9.17, 15) is 14.9 Å². The molecule has 0 aliphatic rings. The van der Waals surface area contributed by atoms with Crippen LogP contribution in [0.2, 0.25) is 0 Å². The van der Waals surface area contributed by atoms with Gasteiger partial charge in [-0.15, -0.1) is 0 Å². The molecule has 7 nitrogen and oxygen atoms in total. The van der Waals surface area contributed by atoms with Crippen LogP contribution in [0.25, 0.3) is 0 Å². The maximum atomic E-state index is 11.6. The SMILES string of the molecule is CNCCCC(=O)Nc1ccc(OC)cc1[N+](=O)[O-]. The molecule has 0 saturated carbocycles. The average molecular weight is 267 g/mol. The molecule has 1 aromatic rings. The number of nitro benzene ring substituents is 1. The van der Waals surface area contributed by atoms with Gasteiger partial charge in [-0.1, -0.05) is 0 Å². The van der Waals surface area contributed by atoms with Gasteiger partial charge in [-0.2, -0.15) is 0 Å². The van der Waals surface area contributed by atoms with Gasteiger partial charge in [0.25, 0.3) is 5.69 Å². The maximum Gasteiger partial charge on any atom is 0.296 e. The molecule has 0 heterocycles. The van der Waals surface area contributed by atoms with Crippen LogP contribution in [0.1, 0.15) is 12.8 Å². The summed E-state index contributed by atoms with van der Waals surface area (Å²) in [6, 6.07) is 4.31. The van der Waals surface area contributed by atoms with Crippen molar-refractivity contribution in [2.75, 3.05) is 26.0 Å². The number of hydrogen-bond acceptors (Lipinski definition) is 5. The molecule has 0 fully saturated rings. The van der Waals surface area contributed by atoms with E-state index >= 15 is 0 Å². The average Bonchev–Trinajstić information content (AvgIpc) is 2.39. The third kappa shape index (κ3) is 4.55. The molecule has 0 aliphatic carbocycles. The first-order valence-corrected chi connectivity index (χ1v) is 5.85. The highest BCUT2D eigenvalue weighted by atomic mass is 16.6. The van der Waals surface area contributed by atoms with Crippen molar-refractivity contribution >= 4 is 17.3 Å². The molecule has 2 N–H and O–H groups in total. The number of carbonyl (C=O) groups excluding carboxylic acids is 1. The summed E-state index contributed by atoms with van der Waals surface area (Å²) in [7, 11) is 3.22. The molecule has 0 unspecified atom stereocenters. The Hall–Kier alpha value is -2.15. The first-order valence-electron chi connectivity index (χ1n) is 5.85. The third-order valence-corrected chi connectivity index (χ3v) is 2.51. The van der Waals surface area contributed by atoms with Crippen LogP contribution in [0.5, 0.6) is 5.75 Å². The van der Waals surface area contributed by atoms with Crippen molar-refractivity contribution in [1.82, 2.24) is 5.32 Å². The molecule has 0 aliphatic heterocycles. The Morgan fingerprint density at radius 1 is 1.47 bits per heavy atom. The lowest BCUT2D eigenvalue weighted by Crippen LogP contribution is -2.15. The molecule has 1 aromatic carbocycles. The molecule has 1 amide bonds. The van der Waals surface area contributed by atoms with E-state index in [1.54, 1.807) is 13.1 Å². The second-order valence-electron chi connectivity index (χ2n) is 3.90. The van der Waals surface area contributed by atoms with Crippen LogP contribution in [0.15, 0.2) is 18.2 Å². The van der Waals surface area contributed by atoms with Crippen molar-refractivity contribution in [1.29, 1.82) is 0 Å². The number of nitrogens with one attached hydrogen (secondary N) is 2. The lowest BCUT2D eigenvalue weighted by Gasteiger charge is -2.07. The Labute approximate surface area is 111 Å². The first kappa shape index (κ1) is 14.9. The molecule has 0 spiro atoms. The molecular formula is C12H17N3O4. The summed E-state index contributed by atoms with van der Waals surface area (Å²) in [5.41, 5.74) is 0.00146. The van der Waals surface area contributed by atoms with Gasteiger partial charge in [0.05, 0.1) is 18.1 Å². The van der Waals surface area contributed by atoms with Gasteiger partial charge in [-0.05, 0) is 32.1 Å². The van der Waals surface area contributed by atoms with Gasteiger partial charge < -0.3 is 15.4 Å². The Balaban J connectivity index is 2.77. The van der Waals surface area contributed by atoms with Crippen LogP contribution in [-0.2, 0) is 4.79 Å². The standard InChI is InChI=1S/C12H17N3O4/c1-13-7-3-4-12(16)14-10-6-5-9(19-2)8-11(10)15(17)18/h5-6,8,13H,3-4,7H2,1-2H3,(H,14,16). The lowest BCUT2D eigenvalue weighted by atomic mass is 10.2. The zero-order chi connectivity index (χ0) is 14.3. The van der Waals surface area contributed by atoms with E-state index in [0.717, 1.165) is 6.54 Å². The Morgan fingerprint density at radius 3 is 2.79 bits per heavy atom. The predicted octanol–water partition coefficient (Wildman–Crippen LogP) is 1.54. The second-order valence-corrected chi connectivity index (χ2v) is 3.90. The Kier molecular flexibility index (Phi) is 5.74. The summed E-state index contributed by atoms with van der Waals surface area (Å²) in [6.45, 7) is 0.720. The second kappa shape index (κ2) is 7.32. The quantitative estimate of drug-likeness (QED) is 0.444. The van der Waals surface area contributed by atoms with Crippen LogP contribution >= 0.6 is 0 Å². The third-order valence-electron chi connectivity index (χ3n) is 2.51. The Bertz CT molecular complexity index is 462. The minimum Gasteiger partial charge on any atom is -0.496 e. The summed E-state index contributed by atoms with van der Waals surface area (Å²) in [6.07, 6.45) is 0.982. The van der Waals surface area contributed by atoms with Crippen LogP contribution in [0.3, 0.4) is 0 Å². The maximum absolute atomic E-state index is 11.6. The molecule has 0 radical (unpaired) electrons. The molecule has 1 rings (SSSR count).